The molecule has 0 fully saturated rings. The quantitative estimate of drug-likeness (QED) is 0.866. The maximum absolute atomic E-state index is 11.8. The molecule has 1 aromatic carbocycles. The van der Waals surface area contributed by atoms with E-state index in [2.05, 4.69) is 5.32 Å². The van der Waals surface area contributed by atoms with Crippen molar-refractivity contribution >= 4 is 22.8 Å². The van der Waals surface area contributed by atoms with Crippen molar-refractivity contribution < 1.29 is 23.8 Å². The summed E-state index contributed by atoms with van der Waals surface area (Å²) in [6, 6.07) is 4.40. The Balaban J connectivity index is 2.14. The Morgan fingerprint density at radius 3 is 2.85 bits per heavy atom. The van der Waals surface area contributed by atoms with E-state index in [1.165, 1.54) is 13.2 Å². The fraction of sp³-hybridized carbons (Fsp3) is 0.286. The third kappa shape index (κ3) is 2.90. The van der Waals surface area contributed by atoms with Gasteiger partial charge in [0, 0.05) is 17.0 Å². The van der Waals surface area contributed by atoms with Crippen LogP contribution in [0.4, 0.5) is 0 Å². The number of carboxylic acids is 1. The first-order chi connectivity index (χ1) is 9.51. The van der Waals surface area contributed by atoms with E-state index in [1.54, 1.807) is 25.3 Å². The zero-order chi connectivity index (χ0) is 14.7. The molecule has 0 radical (unpaired) electrons. The van der Waals surface area contributed by atoms with Crippen LogP contribution in [0.5, 0.6) is 5.75 Å². The molecule has 2 rings (SSSR count). The predicted molar refractivity (Wildman–Crippen MR) is 71.7 cm³/mol. The van der Waals surface area contributed by atoms with E-state index in [9.17, 15) is 9.59 Å². The number of hydrogen-bond acceptors (Lipinski definition) is 4. The molecule has 0 saturated heterocycles. The second kappa shape index (κ2) is 5.64. The summed E-state index contributed by atoms with van der Waals surface area (Å²) in [5.41, 5.74) is 1.33. The van der Waals surface area contributed by atoms with Gasteiger partial charge in [-0.25, -0.2) is 0 Å². The molecule has 2 N–H and O–H groups in total. The number of rotatable bonds is 5. The minimum Gasteiger partial charge on any atom is -0.497 e. The first kappa shape index (κ1) is 13.9. The summed E-state index contributed by atoms with van der Waals surface area (Å²) in [5, 5.41) is 11.9. The smallest absolute Gasteiger partial charge is 0.325 e. The van der Waals surface area contributed by atoms with Crippen LogP contribution in [0.15, 0.2) is 28.9 Å². The molecule has 0 unspecified atom stereocenters. The van der Waals surface area contributed by atoms with Crippen LogP contribution in [0.3, 0.4) is 0 Å². The van der Waals surface area contributed by atoms with E-state index >= 15 is 0 Å². The number of carbonyl (C=O) groups excluding carboxylic acids is 1. The van der Waals surface area contributed by atoms with Gasteiger partial charge in [0.15, 0.2) is 0 Å². The van der Waals surface area contributed by atoms with Gasteiger partial charge in [0.25, 0.3) is 0 Å². The summed E-state index contributed by atoms with van der Waals surface area (Å²) < 4.78 is 10.5. The number of furan rings is 1. The van der Waals surface area contributed by atoms with Crippen molar-refractivity contribution in [3.8, 4) is 5.75 Å². The average molecular weight is 277 g/mol. The third-order valence-corrected chi connectivity index (χ3v) is 2.96. The highest BCUT2D eigenvalue weighted by Gasteiger charge is 2.16. The molecule has 1 atom stereocenters. The third-order valence-electron chi connectivity index (χ3n) is 2.96. The van der Waals surface area contributed by atoms with Crippen LogP contribution in [0.25, 0.3) is 11.0 Å². The highest BCUT2D eigenvalue weighted by atomic mass is 16.5. The molecular weight excluding hydrogens is 262 g/mol. The molecule has 0 aliphatic carbocycles. The summed E-state index contributed by atoms with van der Waals surface area (Å²) in [4.78, 5) is 22.4. The average Bonchev–Trinajstić information content (AvgIpc) is 2.80. The maximum atomic E-state index is 11.8. The molecule has 20 heavy (non-hydrogen) atoms. The van der Waals surface area contributed by atoms with Crippen LogP contribution in [-0.2, 0) is 16.0 Å². The van der Waals surface area contributed by atoms with Crippen LogP contribution in [0, 0.1) is 0 Å². The van der Waals surface area contributed by atoms with Gasteiger partial charge in [-0.1, -0.05) is 0 Å². The SMILES string of the molecule is COc1ccc2c(CC(=O)N[C@H](C)C(=O)O)coc2c1. The number of aliphatic carboxylic acids is 1. The van der Waals surface area contributed by atoms with E-state index in [-0.39, 0.29) is 12.3 Å². The second-order valence-electron chi connectivity index (χ2n) is 4.43. The lowest BCUT2D eigenvalue weighted by Crippen LogP contribution is -2.39. The number of methoxy groups -OCH3 is 1. The molecular formula is C14H15NO5. The van der Waals surface area contributed by atoms with Crippen LogP contribution in [0.2, 0.25) is 0 Å². The molecule has 6 heteroatoms. The number of ether oxygens (including phenoxy) is 1. The molecule has 1 aromatic heterocycles. The standard InChI is InChI=1S/C14H15NO5/c1-8(14(17)18)15-13(16)5-9-7-20-12-6-10(19-2)3-4-11(9)12/h3-4,6-8H,5H2,1-2H3,(H,15,16)(H,17,18)/t8-/m1/s1. The zero-order valence-electron chi connectivity index (χ0n) is 11.2. The van der Waals surface area contributed by atoms with E-state index in [1.807, 2.05) is 0 Å². The minimum atomic E-state index is -1.07. The first-order valence-electron chi connectivity index (χ1n) is 6.07. The molecule has 106 valence electrons. The van der Waals surface area contributed by atoms with Crippen LogP contribution >= 0.6 is 0 Å². The van der Waals surface area contributed by atoms with Crippen molar-refractivity contribution in [2.45, 2.75) is 19.4 Å². The molecule has 2 aromatic rings. The molecule has 0 spiro atoms. The van der Waals surface area contributed by atoms with Gasteiger partial charge in [-0.3, -0.25) is 9.59 Å². The van der Waals surface area contributed by atoms with Crippen LogP contribution in [0.1, 0.15) is 12.5 Å². The van der Waals surface area contributed by atoms with Gasteiger partial charge in [-0.15, -0.1) is 0 Å². The van der Waals surface area contributed by atoms with Crippen molar-refractivity contribution in [2.75, 3.05) is 7.11 Å². The van der Waals surface area contributed by atoms with Crippen LogP contribution in [-0.4, -0.2) is 30.1 Å². The van der Waals surface area contributed by atoms with Gasteiger partial charge < -0.3 is 19.6 Å². The Morgan fingerprint density at radius 1 is 1.45 bits per heavy atom. The maximum Gasteiger partial charge on any atom is 0.325 e. The van der Waals surface area contributed by atoms with Crippen molar-refractivity contribution in [1.82, 2.24) is 5.32 Å². The lowest BCUT2D eigenvalue weighted by Gasteiger charge is -2.08. The molecule has 0 aliphatic heterocycles. The van der Waals surface area contributed by atoms with Gasteiger partial charge in [0.2, 0.25) is 5.91 Å². The minimum absolute atomic E-state index is 0.0664. The van der Waals surface area contributed by atoms with Crippen molar-refractivity contribution in [3.05, 3.63) is 30.0 Å². The number of amides is 1. The van der Waals surface area contributed by atoms with Gasteiger partial charge in [0.1, 0.15) is 17.4 Å². The van der Waals surface area contributed by atoms with Gasteiger partial charge in [-0.05, 0) is 19.1 Å². The van der Waals surface area contributed by atoms with Gasteiger partial charge in [0.05, 0.1) is 19.8 Å². The molecule has 0 bridgehead atoms. The highest BCUT2D eigenvalue weighted by molar-refractivity contribution is 5.90. The summed E-state index contributed by atoms with van der Waals surface area (Å²) >= 11 is 0. The second-order valence-corrected chi connectivity index (χ2v) is 4.43. The van der Waals surface area contributed by atoms with E-state index < -0.39 is 12.0 Å². The molecule has 1 heterocycles. The number of nitrogens with one attached hydrogen (secondary N) is 1. The number of hydrogen-bond donors (Lipinski definition) is 2. The van der Waals surface area contributed by atoms with Crippen LogP contribution < -0.4 is 10.1 Å². The topological polar surface area (TPSA) is 88.8 Å². The summed E-state index contributed by atoms with van der Waals surface area (Å²) in [7, 11) is 1.56. The lowest BCUT2D eigenvalue weighted by atomic mass is 10.1. The number of carbonyl (C=O) groups is 2. The fourth-order valence-electron chi connectivity index (χ4n) is 1.85. The van der Waals surface area contributed by atoms with Crippen molar-refractivity contribution in [1.29, 1.82) is 0 Å². The Labute approximate surface area is 115 Å². The monoisotopic (exact) mass is 277 g/mol. The largest absolute Gasteiger partial charge is 0.497 e. The Bertz CT molecular complexity index is 646. The summed E-state index contributed by atoms with van der Waals surface area (Å²) in [6.45, 7) is 1.42. The van der Waals surface area contributed by atoms with Gasteiger partial charge in [-0.2, -0.15) is 0 Å². The highest BCUT2D eigenvalue weighted by Crippen LogP contribution is 2.25. The lowest BCUT2D eigenvalue weighted by molar-refractivity contribution is -0.141. The normalized spacial score (nSPS) is 12.1. The van der Waals surface area contributed by atoms with E-state index in [0.29, 0.717) is 16.9 Å². The zero-order valence-corrected chi connectivity index (χ0v) is 11.2. The number of fused-ring (bicyclic) bond motifs is 1. The Hall–Kier alpha value is -2.50. The number of carboxylic acid groups (broad SMARTS) is 1. The van der Waals surface area contributed by atoms with E-state index in [4.69, 9.17) is 14.3 Å². The Morgan fingerprint density at radius 2 is 2.20 bits per heavy atom. The van der Waals surface area contributed by atoms with Crippen molar-refractivity contribution in [3.63, 3.8) is 0 Å². The molecule has 0 saturated carbocycles. The fourth-order valence-corrected chi connectivity index (χ4v) is 1.85. The van der Waals surface area contributed by atoms with Crippen molar-refractivity contribution in [2.24, 2.45) is 0 Å². The summed E-state index contributed by atoms with van der Waals surface area (Å²) in [5.74, 6) is -0.763. The van der Waals surface area contributed by atoms with Gasteiger partial charge >= 0.3 is 5.97 Å². The van der Waals surface area contributed by atoms with E-state index in [0.717, 1.165) is 5.39 Å². The predicted octanol–water partition coefficient (Wildman–Crippen LogP) is 1.57. The number of benzene rings is 1. The Kier molecular flexibility index (Phi) is 3.93. The summed E-state index contributed by atoms with van der Waals surface area (Å²) in [6.07, 6.45) is 1.56. The molecule has 6 nitrogen and oxygen atoms in total. The first-order valence-corrected chi connectivity index (χ1v) is 6.07. The molecule has 0 aliphatic rings. The molecule has 1 amide bonds.